The molecular formula is C27H27ClN6O3. The van der Waals surface area contributed by atoms with Crippen LogP contribution in [-0.2, 0) is 4.79 Å². The molecule has 2 aromatic heterocycles. The van der Waals surface area contributed by atoms with Crippen molar-refractivity contribution < 1.29 is 14.3 Å². The zero-order valence-corrected chi connectivity index (χ0v) is 21.5. The number of likely N-dealkylation sites (N-methyl/N-ethyl adjacent to an activating group) is 1. The van der Waals surface area contributed by atoms with Crippen molar-refractivity contribution in [3.63, 3.8) is 0 Å². The SMILES string of the molecule is C=CC(=O)Nc1cc(Nc2ncc3ccnc(-c4cccc(Cl)c4)c3n2)c(OC)cc1OCCN(C)C. The second kappa shape index (κ2) is 11.7. The number of methoxy groups -OCH3 is 1. The molecule has 0 atom stereocenters. The summed E-state index contributed by atoms with van der Waals surface area (Å²) in [6.07, 6.45) is 4.62. The van der Waals surface area contributed by atoms with Crippen LogP contribution in [0.1, 0.15) is 0 Å². The number of amides is 1. The summed E-state index contributed by atoms with van der Waals surface area (Å²) in [5, 5.41) is 7.42. The van der Waals surface area contributed by atoms with Crippen molar-refractivity contribution in [3.05, 3.63) is 72.5 Å². The van der Waals surface area contributed by atoms with Crippen LogP contribution in [-0.4, -0.2) is 60.1 Å². The standard InChI is InChI=1S/C27H27ClN6O3/c1-5-24(35)31-21-14-20(22(36-4)15-23(21)37-12-11-34(2)3)32-27-30-16-18-9-10-29-25(26(18)33-27)17-7-6-8-19(28)13-17/h5-10,13-16H,1,11-12H2,2-4H3,(H,31,35)(H,30,32,33). The number of anilines is 3. The summed E-state index contributed by atoms with van der Waals surface area (Å²) in [4.78, 5) is 27.8. The Morgan fingerprint density at radius 1 is 1.14 bits per heavy atom. The molecule has 0 radical (unpaired) electrons. The van der Waals surface area contributed by atoms with Crippen LogP contribution in [0.2, 0.25) is 5.02 Å². The van der Waals surface area contributed by atoms with Crippen molar-refractivity contribution >= 4 is 45.7 Å². The lowest BCUT2D eigenvalue weighted by atomic mass is 10.1. The topological polar surface area (TPSA) is 102 Å². The number of fused-ring (bicyclic) bond motifs is 1. The Hall–Kier alpha value is -4.21. The summed E-state index contributed by atoms with van der Waals surface area (Å²) in [6.45, 7) is 4.65. The first-order valence-corrected chi connectivity index (χ1v) is 11.8. The molecule has 0 aliphatic heterocycles. The van der Waals surface area contributed by atoms with E-state index in [1.807, 2.05) is 43.3 Å². The number of hydrogen-bond acceptors (Lipinski definition) is 8. The van der Waals surface area contributed by atoms with Crippen LogP contribution in [0.3, 0.4) is 0 Å². The van der Waals surface area contributed by atoms with Crippen molar-refractivity contribution in [1.82, 2.24) is 19.9 Å². The molecule has 0 bridgehead atoms. The number of pyridine rings is 1. The highest BCUT2D eigenvalue weighted by molar-refractivity contribution is 6.30. The number of hydrogen-bond donors (Lipinski definition) is 2. The molecular weight excluding hydrogens is 492 g/mol. The largest absolute Gasteiger partial charge is 0.494 e. The average Bonchev–Trinajstić information content (AvgIpc) is 2.89. The summed E-state index contributed by atoms with van der Waals surface area (Å²) >= 11 is 6.20. The molecule has 0 fully saturated rings. The second-order valence-corrected chi connectivity index (χ2v) is 8.76. The van der Waals surface area contributed by atoms with E-state index in [0.717, 1.165) is 10.9 Å². The van der Waals surface area contributed by atoms with E-state index in [1.54, 1.807) is 37.7 Å². The van der Waals surface area contributed by atoms with Crippen LogP contribution in [0.15, 0.2) is 67.5 Å². The van der Waals surface area contributed by atoms with Crippen LogP contribution < -0.4 is 20.1 Å². The molecule has 0 unspecified atom stereocenters. The van der Waals surface area contributed by atoms with Gasteiger partial charge in [0.15, 0.2) is 0 Å². The molecule has 10 heteroatoms. The number of ether oxygens (including phenoxy) is 2. The molecule has 9 nitrogen and oxygen atoms in total. The van der Waals surface area contributed by atoms with Crippen LogP contribution >= 0.6 is 11.6 Å². The first kappa shape index (κ1) is 25.9. The van der Waals surface area contributed by atoms with Crippen molar-refractivity contribution in [2.75, 3.05) is 45.0 Å². The van der Waals surface area contributed by atoms with Gasteiger partial charge in [-0.2, -0.15) is 0 Å². The molecule has 0 saturated carbocycles. The minimum absolute atomic E-state index is 0.323. The minimum atomic E-state index is -0.368. The maximum Gasteiger partial charge on any atom is 0.247 e. The number of rotatable bonds is 10. The third kappa shape index (κ3) is 6.32. The smallest absolute Gasteiger partial charge is 0.247 e. The van der Waals surface area contributed by atoms with Gasteiger partial charge in [0, 0.05) is 41.0 Å². The maximum atomic E-state index is 12.1. The Morgan fingerprint density at radius 2 is 1.97 bits per heavy atom. The summed E-state index contributed by atoms with van der Waals surface area (Å²) in [5.74, 6) is 0.907. The predicted molar refractivity (Wildman–Crippen MR) is 147 cm³/mol. The fourth-order valence-electron chi connectivity index (χ4n) is 3.55. The van der Waals surface area contributed by atoms with Gasteiger partial charge < -0.3 is 25.0 Å². The third-order valence-electron chi connectivity index (χ3n) is 5.38. The van der Waals surface area contributed by atoms with Crippen LogP contribution in [0, 0.1) is 0 Å². The molecule has 0 spiro atoms. The zero-order valence-electron chi connectivity index (χ0n) is 20.8. The fraction of sp³-hybridized carbons (Fsp3) is 0.185. The average molecular weight is 519 g/mol. The van der Waals surface area contributed by atoms with E-state index in [4.69, 9.17) is 26.1 Å². The summed E-state index contributed by atoms with van der Waals surface area (Å²) < 4.78 is 11.5. The van der Waals surface area contributed by atoms with Crippen LogP contribution in [0.5, 0.6) is 11.5 Å². The number of aromatic nitrogens is 3. The summed E-state index contributed by atoms with van der Waals surface area (Å²) in [7, 11) is 5.46. The van der Waals surface area contributed by atoms with Crippen LogP contribution in [0.25, 0.3) is 22.2 Å². The van der Waals surface area contributed by atoms with E-state index >= 15 is 0 Å². The van der Waals surface area contributed by atoms with Gasteiger partial charge in [-0.3, -0.25) is 9.78 Å². The maximum absolute atomic E-state index is 12.1. The van der Waals surface area contributed by atoms with Gasteiger partial charge in [-0.05, 0) is 44.4 Å². The van der Waals surface area contributed by atoms with Gasteiger partial charge in [-0.25, -0.2) is 9.97 Å². The molecule has 0 aliphatic carbocycles. The van der Waals surface area contributed by atoms with Crippen molar-refractivity contribution in [1.29, 1.82) is 0 Å². The van der Waals surface area contributed by atoms with Gasteiger partial charge in [0.05, 0.1) is 24.2 Å². The van der Waals surface area contributed by atoms with E-state index in [9.17, 15) is 4.79 Å². The van der Waals surface area contributed by atoms with Crippen LogP contribution in [0.4, 0.5) is 17.3 Å². The summed E-state index contributed by atoms with van der Waals surface area (Å²) in [6, 6.07) is 12.7. The third-order valence-corrected chi connectivity index (χ3v) is 5.62. The van der Waals surface area contributed by atoms with Crippen molar-refractivity contribution in [3.8, 4) is 22.8 Å². The monoisotopic (exact) mass is 518 g/mol. The predicted octanol–water partition coefficient (Wildman–Crippen LogP) is 5.16. The first-order valence-electron chi connectivity index (χ1n) is 11.5. The first-order chi connectivity index (χ1) is 17.9. The van der Waals surface area contributed by atoms with Gasteiger partial charge in [0.2, 0.25) is 11.9 Å². The number of benzene rings is 2. The lowest BCUT2D eigenvalue weighted by molar-refractivity contribution is -0.111. The lowest BCUT2D eigenvalue weighted by Gasteiger charge is -2.18. The van der Waals surface area contributed by atoms with E-state index in [-0.39, 0.29) is 5.91 Å². The zero-order chi connectivity index (χ0) is 26.4. The Labute approximate surface area is 220 Å². The van der Waals surface area contributed by atoms with Gasteiger partial charge in [-0.15, -0.1) is 0 Å². The van der Waals surface area contributed by atoms with Gasteiger partial charge in [-0.1, -0.05) is 30.3 Å². The van der Waals surface area contributed by atoms with Gasteiger partial charge in [0.25, 0.3) is 0 Å². The highest BCUT2D eigenvalue weighted by Crippen LogP contribution is 2.38. The number of carbonyl (C=O) groups excluding carboxylic acids is 1. The molecule has 2 aromatic carbocycles. The molecule has 4 aromatic rings. The number of nitrogens with one attached hydrogen (secondary N) is 2. The summed E-state index contributed by atoms with van der Waals surface area (Å²) in [5.41, 5.74) is 3.17. The number of carbonyl (C=O) groups is 1. The molecule has 37 heavy (non-hydrogen) atoms. The number of halogens is 1. The second-order valence-electron chi connectivity index (χ2n) is 8.32. The Bertz CT molecular complexity index is 1440. The Kier molecular flexibility index (Phi) is 8.17. The highest BCUT2D eigenvalue weighted by atomic mass is 35.5. The van der Waals surface area contributed by atoms with Crippen molar-refractivity contribution in [2.45, 2.75) is 0 Å². The molecule has 2 N–H and O–H groups in total. The van der Waals surface area contributed by atoms with E-state index in [0.29, 0.717) is 58.2 Å². The minimum Gasteiger partial charge on any atom is -0.494 e. The molecule has 4 rings (SSSR count). The molecule has 190 valence electrons. The number of nitrogens with zero attached hydrogens (tertiary/aromatic N) is 4. The van der Waals surface area contributed by atoms with E-state index in [1.165, 1.54) is 6.08 Å². The highest BCUT2D eigenvalue weighted by Gasteiger charge is 2.16. The quantitative estimate of drug-likeness (QED) is 0.277. The molecule has 0 aliphatic rings. The molecule has 1 amide bonds. The lowest BCUT2D eigenvalue weighted by Crippen LogP contribution is -2.20. The van der Waals surface area contributed by atoms with Crippen molar-refractivity contribution in [2.24, 2.45) is 0 Å². The molecule has 0 saturated heterocycles. The fourth-order valence-corrected chi connectivity index (χ4v) is 3.74. The van der Waals surface area contributed by atoms with E-state index < -0.39 is 0 Å². The van der Waals surface area contributed by atoms with Gasteiger partial charge >= 0.3 is 0 Å². The normalized spacial score (nSPS) is 10.8. The molecule has 2 heterocycles. The van der Waals surface area contributed by atoms with E-state index in [2.05, 4.69) is 27.2 Å². The Morgan fingerprint density at radius 3 is 2.70 bits per heavy atom. The Balaban J connectivity index is 1.72. The van der Waals surface area contributed by atoms with Gasteiger partial charge in [0.1, 0.15) is 23.6 Å².